The topological polar surface area (TPSA) is 152 Å². The van der Waals surface area contributed by atoms with Gasteiger partial charge in [0.25, 0.3) is 11.9 Å². The number of rotatable bonds is 8. The summed E-state index contributed by atoms with van der Waals surface area (Å²) in [4.78, 5) is 34.2. The van der Waals surface area contributed by atoms with Gasteiger partial charge in [0.2, 0.25) is 11.9 Å². The molecule has 1 amide bonds. The van der Waals surface area contributed by atoms with Gasteiger partial charge in [-0.15, -0.1) is 0 Å². The number of β-amino-alcohol motifs (C(OH)–C–C–N with tert-alkyl or cyclic N) is 1. The molecule has 0 saturated carbocycles. The molecule has 2 aromatic heterocycles. The second-order valence-corrected chi connectivity index (χ2v) is 8.93. The third kappa shape index (κ3) is 5.69. The minimum Gasteiger partial charge on any atom is -0.395 e. The number of carbonyl (C=O) groups is 1. The van der Waals surface area contributed by atoms with E-state index >= 15 is 0 Å². The summed E-state index contributed by atoms with van der Waals surface area (Å²) in [6.45, 7) is 5.44. The molecule has 5 N–H and O–H groups in total. The fraction of sp³-hybridized carbons (Fsp3) is 0.350. The number of para-hydroxylation sites is 1. The van der Waals surface area contributed by atoms with Gasteiger partial charge in [0.05, 0.1) is 23.5 Å². The van der Waals surface area contributed by atoms with Crippen LogP contribution in [0, 0.1) is 6.92 Å². The van der Waals surface area contributed by atoms with Crippen LogP contribution in [-0.2, 0) is 0 Å². The smallest absolute Gasteiger partial charge is 0.267 e. The minimum atomic E-state index is -0.337. The maximum atomic E-state index is 12.7. The van der Waals surface area contributed by atoms with E-state index < -0.39 is 0 Å². The second kappa shape index (κ2) is 10.9. The second-order valence-electron chi connectivity index (χ2n) is 7.49. The lowest BCUT2D eigenvalue weighted by Gasteiger charge is -2.34. The van der Waals surface area contributed by atoms with E-state index in [2.05, 4.69) is 35.5 Å². The van der Waals surface area contributed by atoms with Gasteiger partial charge in [0, 0.05) is 32.7 Å². The van der Waals surface area contributed by atoms with Crippen molar-refractivity contribution in [2.24, 2.45) is 0 Å². The fourth-order valence-corrected chi connectivity index (χ4v) is 4.40. The third-order valence-corrected chi connectivity index (χ3v) is 6.43. The molecule has 1 fully saturated rings. The fourth-order valence-electron chi connectivity index (χ4n) is 3.42. The zero-order valence-electron chi connectivity index (χ0n) is 18.3. The van der Waals surface area contributed by atoms with E-state index in [4.69, 9.17) is 16.7 Å². The summed E-state index contributed by atoms with van der Waals surface area (Å²) in [5, 5.41) is 25.1. The predicted octanol–water partition coefficient (Wildman–Crippen LogP) is 2.20. The van der Waals surface area contributed by atoms with Gasteiger partial charge < -0.3 is 15.3 Å². The molecule has 0 spiro atoms. The van der Waals surface area contributed by atoms with Crippen molar-refractivity contribution in [3.05, 3.63) is 39.9 Å². The third-order valence-electron chi connectivity index (χ3n) is 5.20. The minimum absolute atomic E-state index is 0.0194. The number of benzene rings is 1. The lowest BCUT2D eigenvalue weighted by atomic mass is 10.2. The van der Waals surface area contributed by atoms with Gasteiger partial charge in [0.1, 0.15) is 4.88 Å². The number of hydrogen-bond donors (Lipinski definition) is 5. The first kappa shape index (κ1) is 24.0. The number of amides is 1. The van der Waals surface area contributed by atoms with Crippen LogP contribution in [-0.4, -0.2) is 80.4 Å². The van der Waals surface area contributed by atoms with E-state index in [1.54, 1.807) is 6.07 Å². The summed E-state index contributed by atoms with van der Waals surface area (Å²) in [7, 11) is 0. The molecule has 0 radical (unpaired) electrons. The van der Waals surface area contributed by atoms with Gasteiger partial charge in [-0.05, 0) is 18.6 Å². The summed E-state index contributed by atoms with van der Waals surface area (Å²) in [6, 6.07) is 5.38. The molecule has 0 unspecified atom stereocenters. The standard InChI is InChI=1S/C20H24ClN9O3S/c1-12-3-2-4-13(21)15(12)23-16(32)14-11-22-20(34-14)27-17-24-18(28-33)26-19(25-17)30-7-5-29(6-8-30)9-10-31/h2-4,11,31,33H,5-10H2,1H3,(H,23,32)(H2,22,24,25,26,27,28). The first-order chi connectivity index (χ1) is 16.5. The number of nitrogens with zero attached hydrogens (tertiary/aromatic N) is 6. The number of hydrogen-bond acceptors (Lipinski definition) is 12. The van der Waals surface area contributed by atoms with Gasteiger partial charge in [-0.3, -0.25) is 20.2 Å². The van der Waals surface area contributed by atoms with Gasteiger partial charge in [-0.2, -0.15) is 15.0 Å². The Morgan fingerprint density at radius 2 is 1.94 bits per heavy atom. The zero-order chi connectivity index (χ0) is 24.1. The van der Waals surface area contributed by atoms with Crippen LogP contribution >= 0.6 is 22.9 Å². The van der Waals surface area contributed by atoms with Crippen molar-refractivity contribution in [1.82, 2.24) is 24.8 Å². The number of aryl methyl sites for hydroxylation is 1. The zero-order valence-corrected chi connectivity index (χ0v) is 19.9. The van der Waals surface area contributed by atoms with Crippen molar-refractivity contribution >= 4 is 57.5 Å². The molecule has 0 atom stereocenters. The lowest BCUT2D eigenvalue weighted by molar-refractivity contribution is 0.103. The SMILES string of the molecule is Cc1cccc(Cl)c1NC(=O)c1cnc(Nc2nc(NO)nc(N3CCN(CCO)CC3)n2)s1. The number of halogens is 1. The van der Waals surface area contributed by atoms with Gasteiger partial charge in [-0.25, -0.2) is 10.5 Å². The highest BCUT2D eigenvalue weighted by Gasteiger charge is 2.21. The van der Waals surface area contributed by atoms with E-state index in [1.807, 2.05) is 29.4 Å². The van der Waals surface area contributed by atoms with Gasteiger partial charge >= 0.3 is 0 Å². The number of nitrogens with one attached hydrogen (secondary N) is 3. The van der Waals surface area contributed by atoms with E-state index in [0.717, 1.165) is 30.0 Å². The van der Waals surface area contributed by atoms with Gasteiger partial charge in [0.15, 0.2) is 5.13 Å². The largest absolute Gasteiger partial charge is 0.395 e. The van der Waals surface area contributed by atoms with E-state index in [0.29, 0.717) is 46.3 Å². The molecule has 0 aliphatic carbocycles. The van der Waals surface area contributed by atoms with Crippen molar-refractivity contribution in [1.29, 1.82) is 0 Å². The molecule has 1 aliphatic heterocycles. The molecule has 3 aromatic rings. The number of thiazole rings is 1. The molecule has 1 saturated heterocycles. The van der Waals surface area contributed by atoms with Crippen LogP contribution in [0.1, 0.15) is 15.2 Å². The average Bonchev–Trinajstić information content (AvgIpc) is 3.30. The van der Waals surface area contributed by atoms with E-state index in [9.17, 15) is 10.0 Å². The van der Waals surface area contributed by atoms with Crippen LogP contribution in [0.5, 0.6) is 0 Å². The van der Waals surface area contributed by atoms with Crippen LogP contribution in [0.4, 0.5) is 28.7 Å². The Labute approximate surface area is 204 Å². The van der Waals surface area contributed by atoms with E-state index in [1.165, 1.54) is 6.20 Å². The Balaban J connectivity index is 1.46. The van der Waals surface area contributed by atoms with Crippen molar-refractivity contribution in [2.75, 3.05) is 60.3 Å². The Hall–Kier alpha value is -3.10. The van der Waals surface area contributed by atoms with Crippen LogP contribution in [0.15, 0.2) is 24.4 Å². The van der Waals surface area contributed by atoms with Crippen molar-refractivity contribution in [2.45, 2.75) is 6.92 Å². The molecule has 14 heteroatoms. The maximum absolute atomic E-state index is 12.7. The molecule has 180 valence electrons. The Kier molecular flexibility index (Phi) is 7.70. The van der Waals surface area contributed by atoms with Crippen LogP contribution < -0.4 is 21.0 Å². The molecule has 3 heterocycles. The maximum Gasteiger partial charge on any atom is 0.267 e. The Bertz CT molecular complexity index is 1130. The summed E-state index contributed by atoms with van der Waals surface area (Å²) < 4.78 is 0. The highest BCUT2D eigenvalue weighted by molar-refractivity contribution is 7.17. The van der Waals surface area contributed by atoms with Gasteiger partial charge in [-0.1, -0.05) is 35.1 Å². The molecule has 0 bridgehead atoms. The van der Waals surface area contributed by atoms with Crippen LogP contribution in [0.2, 0.25) is 5.02 Å². The summed E-state index contributed by atoms with van der Waals surface area (Å²) >= 11 is 7.32. The normalized spacial score (nSPS) is 14.2. The summed E-state index contributed by atoms with van der Waals surface area (Å²) in [5.41, 5.74) is 3.36. The summed E-state index contributed by atoms with van der Waals surface area (Å²) in [6.07, 6.45) is 1.45. The van der Waals surface area contributed by atoms with Crippen LogP contribution in [0.3, 0.4) is 0 Å². The molecule has 34 heavy (non-hydrogen) atoms. The number of carbonyl (C=O) groups excluding carboxylic acids is 1. The number of aliphatic hydroxyl groups is 1. The molecular weight excluding hydrogens is 482 g/mol. The number of anilines is 5. The van der Waals surface area contributed by atoms with E-state index in [-0.39, 0.29) is 24.4 Å². The number of aromatic nitrogens is 4. The van der Waals surface area contributed by atoms with Crippen molar-refractivity contribution in [3.63, 3.8) is 0 Å². The number of aliphatic hydroxyl groups excluding tert-OH is 1. The number of piperazine rings is 1. The monoisotopic (exact) mass is 505 g/mol. The lowest BCUT2D eigenvalue weighted by Crippen LogP contribution is -2.47. The summed E-state index contributed by atoms with van der Waals surface area (Å²) in [5.74, 6) is 0.203. The highest BCUT2D eigenvalue weighted by Crippen LogP contribution is 2.28. The van der Waals surface area contributed by atoms with Crippen LogP contribution in [0.25, 0.3) is 0 Å². The first-order valence-corrected chi connectivity index (χ1v) is 11.7. The molecular formula is C20H24ClN9O3S. The first-order valence-electron chi connectivity index (χ1n) is 10.5. The average molecular weight is 506 g/mol. The van der Waals surface area contributed by atoms with Crippen molar-refractivity contribution in [3.8, 4) is 0 Å². The molecule has 12 nitrogen and oxygen atoms in total. The molecule has 1 aromatic carbocycles. The Morgan fingerprint density at radius 1 is 1.18 bits per heavy atom. The molecule has 1 aliphatic rings. The molecule has 4 rings (SSSR count). The quantitative estimate of drug-likeness (QED) is 0.286. The van der Waals surface area contributed by atoms with Crippen molar-refractivity contribution < 1.29 is 15.1 Å². The Morgan fingerprint density at radius 3 is 2.65 bits per heavy atom. The predicted molar refractivity (Wildman–Crippen MR) is 131 cm³/mol. The highest BCUT2D eigenvalue weighted by atomic mass is 35.5.